The fraction of sp³-hybridized carbons (Fsp3) is 0.917. The smallest absolute Gasteiger partial charge is 0.217 e. The number of sulfonamides is 1. The van der Waals surface area contributed by atoms with Crippen LogP contribution >= 0.6 is 0 Å². The van der Waals surface area contributed by atoms with Crippen LogP contribution < -0.4 is 5.73 Å². The van der Waals surface area contributed by atoms with Gasteiger partial charge >= 0.3 is 0 Å². The van der Waals surface area contributed by atoms with E-state index in [1.165, 1.54) is 11.4 Å². The third kappa shape index (κ3) is 4.92. The molecule has 0 bridgehead atoms. The Morgan fingerprint density at radius 1 is 1.35 bits per heavy atom. The molecule has 0 saturated heterocycles. The van der Waals surface area contributed by atoms with E-state index < -0.39 is 10.0 Å². The summed E-state index contributed by atoms with van der Waals surface area (Å²) in [7, 11) is -1.80. The molecule has 3 N–H and O–H groups in total. The molecule has 7 nitrogen and oxygen atoms in total. The van der Waals surface area contributed by atoms with Crippen LogP contribution in [-0.2, 0) is 14.8 Å². The van der Waals surface area contributed by atoms with Gasteiger partial charge in [-0.3, -0.25) is 0 Å². The van der Waals surface area contributed by atoms with Crippen molar-refractivity contribution in [2.75, 3.05) is 26.8 Å². The summed E-state index contributed by atoms with van der Waals surface area (Å²) in [5.74, 6) is 0.0336. The van der Waals surface area contributed by atoms with Crippen LogP contribution in [0.2, 0.25) is 0 Å². The van der Waals surface area contributed by atoms with E-state index in [0.717, 1.165) is 32.1 Å². The average Bonchev–Trinajstić information content (AvgIpc) is 2.47. The number of ether oxygens (including phenoxy) is 1. The Hall–Kier alpha value is -0.860. The summed E-state index contributed by atoms with van der Waals surface area (Å²) in [6.07, 6.45) is 4.68. The Balaban J connectivity index is 2.73. The molecule has 1 fully saturated rings. The second-order valence-corrected chi connectivity index (χ2v) is 7.25. The van der Waals surface area contributed by atoms with E-state index in [2.05, 4.69) is 5.16 Å². The molecule has 0 aromatic heterocycles. The van der Waals surface area contributed by atoms with Gasteiger partial charge in [0.15, 0.2) is 0 Å². The van der Waals surface area contributed by atoms with Gasteiger partial charge in [-0.2, -0.15) is 4.31 Å². The van der Waals surface area contributed by atoms with Crippen molar-refractivity contribution in [2.45, 2.75) is 43.8 Å². The van der Waals surface area contributed by atoms with Gasteiger partial charge in [-0.15, -0.1) is 0 Å². The Morgan fingerprint density at radius 2 is 2.00 bits per heavy atom. The molecule has 0 unspecified atom stereocenters. The summed E-state index contributed by atoms with van der Waals surface area (Å²) in [5, 5.41) is 11.1. The SMILES string of the molecule is COCCN(CCC(N)=NO)S(=O)(=O)C1CCCCC1. The fourth-order valence-electron chi connectivity index (χ4n) is 2.42. The normalized spacial score (nSPS) is 18.6. The number of hydrogen-bond acceptors (Lipinski definition) is 5. The molecule has 1 aliphatic carbocycles. The fourth-order valence-corrected chi connectivity index (χ4v) is 4.45. The summed E-state index contributed by atoms with van der Waals surface area (Å²) in [6, 6.07) is 0. The van der Waals surface area contributed by atoms with Crippen molar-refractivity contribution in [1.82, 2.24) is 4.31 Å². The number of methoxy groups -OCH3 is 1. The zero-order valence-corrected chi connectivity index (χ0v) is 12.8. The van der Waals surface area contributed by atoms with Gasteiger partial charge in [0.2, 0.25) is 10.0 Å². The Bertz CT molecular complexity index is 405. The third-order valence-corrected chi connectivity index (χ3v) is 6.02. The molecule has 0 amide bonds. The number of nitrogens with two attached hydrogens (primary N) is 1. The van der Waals surface area contributed by atoms with Gasteiger partial charge in [-0.1, -0.05) is 24.4 Å². The van der Waals surface area contributed by atoms with E-state index in [4.69, 9.17) is 15.7 Å². The minimum absolute atomic E-state index is 0.0336. The number of nitrogens with zero attached hydrogens (tertiary/aromatic N) is 2. The van der Waals surface area contributed by atoms with Crippen LogP contribution in [0.25, 0.3) is 0 Å². The predicted molar refractivity (Wildman–Crippen MR) is 77.3 cm³/mol. The molecule has 0 heterocycles. The van der Waals surface area contributed by atoms with Crippen LogP contribution in [0, 0.1) is 0 Å². The number of amidine groups is 1. The molecule has 1 saturated carbocycles. The molecule has 1 rings (SSSR count). The van der Waals surface area contributed by atoms with Crippen molar-refractivity contribution >= 4 is 15.9 Å². The highest BCUT2D eigenvalue weighted by Gasteiger charge is 2.32. The summed E-state index contributed by atoms with van der Waals surface area (Å²) < 4.78 is 31.6. The van der Waals surface area contributed by atoms with Crippen LogP contribution in [-0.4, -0.2) is 55.8 Å². The second kappa shape index (κ2) is 8.43. The first-order chi connectivity index (χ1) is 9.52. The molecule has 0 aliphatic heterocycles. The molecular formula is C12H25N3O4S. The van der Waals surface area contributed by atoms with Gasteiger partial charge in [0.25, 0.3) is 0 Å². The van der Waals surface area contributed by atoms with Crippen LogP contribution in [0.15, 0.2) is 5.16 Å². The quantitative estimate of drug-likeness (QED) is 0.298. The van der Waals surface area contributed by atoms with Crippen LogP contribution in [0.5, 0.6) is 0 Å². The van der Waals surface area contributed by atoms with Gasteiger partial charge < -0.3 is 15.7 Å². The maximum Gasteiger partial charge on any atom is 0.217 e. The highest BCUT2D eigenvalue weighted by atomic mass is 32.2. The summed E-state index contributed by atoms with van der Waals surface area (Å²) in [5.41, 5.74) is 5.42. The lowest BCUT2D eigenvalue weighted by molar-refractivity contribution is 0.179. The molecule has 0 atom stereocenters. The topological polar surface area (TPSA) is 105 Å². The number of hydrogen-bond donors (Lipinski definition) is 2. The van der Waals surface area contributed by atoms with E-state index in [1.54, 1.807) is 0 Å². The van der Waals surface area contributed by atoms with Crippen molar-refractivity contribution in [3.63, 3.8) is 0 Å². The first kappa shape index (κ1) is 17.2. The van der Waals surface area contributed by atoms with Crippen molar-refractivity contribution in [2.24, 2.45) is 10.9 Å². The van der Waals surface area contributed by atoms with Crippen LogP contribution in [0.4, 0.5) is 0 Å². The summed E-state index contributed by atoms with van der Waals surface area (Å²) >= 11 is 0. The van der Waals surface area contributed by atoms with E-state index >= 15 is 0 Å². The van der Waals surface area contributed by atoms with Crippen LogP contribution in [0.3, 0.4) is 0 Å². The lowest BCUT2D eigenvalue weighted by Crippen LogP contribution is -2.42. The van der Waals surface area contributed by atoms with E-state index in [9.17, 15) is 8.42 Å². The predicted octanol–water partition coefficient (Wildman–Crippen LogP) is 0.734. The maximum atomic E-state index is 12.6. The number of rotatable bonds is 8. The highest BCUT2D eigenvalue weighted by molar-refractivity contribution is 7.89. The molecule has 0 spiro atoms. The monoisotopic (exact) mass is 307 g/mol. The summed E-state index contributed by atoms with van der Waals surface area (Å²) in [4.78, 5) is 0. The minimum atomic E-state index is -3.34. The van der Waals surface area contributed by atoms with Crippen molar-refractivity contribution < 1.29 is 18.4 Å². The molecule has 0 radical (unpaired) electrons. The van der Waals surface area contributed by atoms with Crippen LogP contribution in [0.1, 0.15) is 38.5 Å². The maximum absolute atomic E-state index is 12.6. The zero-order chi connectivity index (χ0) is 15.0. The van der Waals surface area contributed by atoms with Gasteiger partial charge in [-0.25, -0.2) is 8.42 Å². The second-order valence-electron chi connectivity index (χ2n) is 5.04. The van der Waals surface area contributed by atoms with Crippen molar-refractivity contribution in [3.8, 4) is 0 Å². The Morgan fingerprint density at radius 3 is 2.55 bits per heavy atom. The largest absolute Gasteiger partial charge is 0.409 e. The van der Waals surface area contributed by atoms with E-state index in [-0.39, 0.29) is 24.1 Å². The molecule has 0 aromatic carbocycles. The van der Waals surface area contributed by atoms with E-state index in [0.29, 0.717) is 13.2 Å². The zero-order valence-electron chi connectivity index (χ0n) is 12.0. The molecule has 20 heavy (non-hydrogen) atoms. The van der Waals surface area contributed by atoms with E-state index in [1.807, 2.05) is 0 Å². The summed E-state index contributed by atoms with van der Waals surface area (Å²) in [6.45, 7) is 0.855. The van der Waals surface area contributed by atoms with Crippen molar-refractivity contribution in [3.05, 3.63) is 0 Å². The standard InChI is InChI=1S/C12H25N3O4S/c1-19-10-9-15(8-7-12(13)14-16)20(17,18)11-5-3-2-4-6-11/h11,16H,2-10H2,1H3,(H2,13,14). The molecule has 8 heteroatoms. The first-order valence-electron chi connectivity index (χ1n) is 6.96. The van der Waals surface area contributed by atoms with Gasteiger partial charge in [0, 0.05) is 26.6 Å². The highest BCUT2D eigenvalue weighted by Crippen LogP contribution is 2.26. The average molecular weight is 307 g/mol. The number of oxime groups is 1. The first-order valence-corrected chi connectivity index (χ1v) is 8.47. The molecular weight excluding hydrogens is 282 g/mol. The van der Waals surface area contributed by atoms with Gasteiger partial charge in [0.1, 0.15) is 5.84 Å². The third-order valence-electron chi connectivity index (χ3n) is 3.62. The molecule has 0 aromatic rings. The van der Waals surface area contributed by atoms with Crippen molar-refractivity contribution in [1.29, 1.82) is 0 Å². The van der Waals surface area contributed by atoms with Gasteiger partial charge in [0.05, 0.1) is 11.9 Å². The molecule has 118 valence electrons. The Labute approximate surface area is 120 Å². The minimum Gasteiger partial charge on any atom is -0.409 e. The van der Waals surface area contributed by atoms with Gasteiger partial charge in [-0.05, 0) is 12.8 Å². The Kier molecular flexibility index (Phi) is 7.25. The lowest BCUT2D eigenvalue weighted by Gasteiger charge is -2.29. The molecule has 1 aliphatic rings. The lowest BCUT2D eigenvalue weighted by atomic mass is 10.0.